The zero-order valence-corrected chi connectivity index (χ0v) is 15.2. The number of rotatable bonds is 6. The summed E-state index contributed by atoms with van der Waals surface area (Å²) in [7, 11) is 0. The Morgan fingerprint density at radius 2 is 1.42 bits per heavy atom. The van der Waals surface area contributed by atoms with Crippen molar-refractivity contribution in [1.82, 2.24) is 0 Å². The molecule has 0 saturated carbocycles. The molecule has 0 amide bonds. The summed E-state index contributed by atoms with van der Waals surface area (Å²) in [5, 5.41) is 4.85. The molecule has 0 heterocycles. The number of unbranched alkanes of at least 4 members (excludes halogenated alkanes) is 2. The van der Waals surface area contributed by atoms with Crippen molar-refractivity contribution in [3.8, 4) is 11.5 Å². The summed E-state index contributed by atoms with van der Waals surface area (Å²) in [5.41, 5.74) is 1.38. The second kappa shape index (κ2) is 7.61. The Morgan fingerprint density at radius 3 is 2.19 bits per heavy atom. The first-order valence-corrected chi connectivity index (χ1v) is 9.52. The fraction of sp³-hybridized carbons (Fsp3) is 0.200. The van der Waals surface area contributed by atoms with E-state index in [0.717, 1.165) is 23.3 Å². The molecule has 0 radical (unpaired) electrons. The van der Waals surface area contributed by atoms with Gasteiger partial charge in [0.15, 0.2) is 0 Å². The third kappa shape index (κ3) is 3.57. The lowest BCUT2D eigenvalue weighted by atomic mass is 10.0. The average Bonchev–Trinajstić information content (AvgIpc) is 2.68. The molecule has 4 aromatic carbocycles. The Balaban J connectivity index is 1.61. The van der Waals surface area contributed by atoms with Crippen LogP contribution >= 0.6 is 0 Å². The van der Waals surface area contributed by atoms with E-state index in [9.17, 15) is 0 Å². The van der Waals surface area contributed by atoms with Crippen molar-refractivity contribution in [2.75, 3.05) is 0 Å². The van der Waals surface area contributed by atoms with Crippen LogP contribution in [0.15, 0.2) is 78.9 Å². The molecule has 0 saturated heterocycles. The maximum absolute atomic E-state index is 6.22. The van der Waals surface area contributed by atoms with Crippen LogP contribution < -0.4 is 4.74 Å². The number of hydrogen-bond donors (Lipinski definition) is 0. The standard InChI is InChI=1S/C25H24O/c1-2-3-4-8-19-13-15-23(16-14-19)26-25-12-7-11-22-17-20-9-5-6-10-21(20)18-24(22)25/h5-7,9-18H,2-4,8H2,1H3. The molecular formula is C25H24O. The van der Waals surface area contributed by atoms with E-state index in [2.05, 4.69) is 79.7 Å². The maximum Gasteiger partial charge on any atom is 0.135 e. The molecule has 0 aliphatic rings. The van der Waals surface area contributed by atoms with Gasteiger partial charge in [-0.05, 0) is 64.9 Å². The predicted octanol–water partition coefficient (Wildman–Crippen LogP) is 7.52. The van der Waals surface area contributed by atoms with E-state index in [1.54, 1.807) is 0 Å². The summed E-state index contributed by atoms with van der Waals surface area (Å²) in [4.78, 5) is 0. The molecule has 0 unspecified atom stereocenters. The number of hydrogen-bond acceptors (Lipinski definition) is 1. The minimum absolute atomic E-state index is 0.893. The number of ether oxygens (including phenoxy) is 1. The average molecular weight is 340 g/mol. The van der Waals surface area contributed by atoms with Gasteiger partial charge in [-0.25, -0.2) is 0 Å². The summed E-state index contributed by atoms with van der Waals surface area (Å²) in [6.45, 7) is 2.24. The minimum Gasteiger partial charge on any atom is -0.457 e. The van der Waals surface area contributed by atoms with E-state index in [1.165, 1.54) is 41.0 Å². The fourth-order valence-electron chi connectivity index (χ4n) is 3.46. The zero-order chi connectivity index (χ0) is 17.8. The monoisotopic (exact) mass is 340 g/mol. The highest BCUT2D eigenvalue weighted by atomic mass is 16.5. The van der Waals surface area contributed by atoms with Crippen LogP contribution in [0.1, 0.15) is 31.7 Å². The molecule has 26 heavy (non-hydrogen) atoms. The van der Waals surface area contributed by atoms with E-state index in [0.29, 0.717) is 0 Å². The minimum atomic E-state index is 0.893. The van der Waals surface area contributed by atoms with E-state index in [-0.39, 0.29) is 0 Å². The van der Waals surface area contributed by atoms with E-state index < -0.39 is 0 Å². The molecule has 0 spiro atoms. The predicted molar refractivity (Wildman–Crippen MR) is 111 cm³/mol. The van der Waals surface area contributed by atoms with Gasteiger partial charge in [-0.1, -0.05) is 68.3 Å². The van der Waals surface area contributed by atoms with Gasteiger partial charge < -0.3 is 4.74 Å². The molecule has 0 aliphatic heterocycles. The Morgan fingerprint density at radius 1 is 0.692 bits per heavy atom. The molecule has 4 rings (SSSR count). The quantitative estimate of drug-likeness (QED) is 0.260. The van der Waals surface area contributed by atoms with Crippen molar-refractivity contribution in [2.24, 2.45) is 0 Å². The van der Waals surface area contributed by atoms with Gasteiger partial charge in [-0.15, -0.1) is 0 Å². The third-order valence-corrected chi connectivity index (χ3v) is 4.93. The summed E-state index contributed by atoms with van der Waals surface area (Å²) in [5.74, 6) is 1.80. The molecule has 0 N–H and O–H groups in total. The highest BCUT2D eigenvalue weighted by Crippen LogP contribution is 2.33. The van der Waals surface area contributed by atoms with E-state index in [1.807, 2.05) is 6.07 Å². The topological polar surface area (TPSA) is 9.23 Å². The SMILES string of the molecule is CCCCCc1ccc(Oc2cccc3cc4ccccc4cc23)cc1. The van der Waals surface area contributed by atoms with E-state index >= 15 is 0 Å². The van der Waals surface area contributed by atoms with Crippen LogP contribution in [0, 0.1) is 0 Å². The van der Waals surface area contributed by atoms with Gasteiger partial charge in [0.05, 0.1) is 0 Å². The number of benzene rings is 4. The second-order valence-electron chi connectivity index (χ2n) is 6.88. The number of aryl methyl sites for hydroxylation is 1. The van der Waals surface area contributed by atoms with Gasteiger partial charge >= 0.3 is 0 Å². The summed E-state index contributed by atoms with van der Waals surface area (Å²) in [6, 6.07) is 27.7. The third-order valence-electron chi connectivity index (χ3n) is 4.93. The molecule has 0 atom stereocenters. The number of fused-ring (bicyclic) bond motifs is 2. The van der Waals surface area contributed by atoms with Crippen LogP contribution in [0.2, 0.25) is 0 Å². The smallest absolute Gasteiger partial charge is 0.135 e. The lowest BCUT2D eigenvalue weighted by Gasteiger charge is -2.11. The molecule has 1 nitrogen and oxygen atoms in total. The summed E-state index contributed by atoms with van der Waals surface area (Å²) in [6.07, 6.45) is 4.96. The van der Waals surface area contributed by atoms with Gasteiger partial charge in [0.25, 0.3) is 0 Å². The highest BCUT2D eigenvalue weighted by molar-refractivity contribution is 6.00. The molecule has 1 heteroatoms. The fourth-order valence-corrected chi connectivity index (χ4v) is 3.46. The Kier molecular flexibility index (Phi) is 4.88. The van der Waals surface area contributed by atoms with Gasteiger partial charge in [0.1, 0.15) is 11.5 Å². The van der Waals surface area contributed by atoms with Crippen molar-refractivity contribution < 1.29 is 4.74 Å². The Hall–Kier alpha value is -2.80. The molecule has 130 valence electrons. The van der Waals surface area contributed by atoms with Crippen LogP contribution in [0.5, 0.6) is 11.5 Å². The van der Waals surface area contributed by atoms with Crippen molar-refractivity contribution >= 4 is 21.5 Å². The maximum atomic E-state index is 6.22. The van der Waals surface area contributed by atoms with Crippen molar-refractivity contribution in [2.45, 2.75) is 32.6 Å². The van der Waals surface area contributed by atoms with Gasteiger partial charge in [0.2, 0.25) is 0 Å². The van der Waals surface area contributed by atoms with E-state index in [4.69, 9.17) is 4.74 Å². The van der Waals surface area contributed by atoms with Crippen molar-refractivity contribution in [1.29, 1.82) is 0 Å². The Labute approximate surface area is 155 Å². The van der Waals surface area contributed by atoms with Crippen LogP contribution in [0.4, 0.5) is 0 Å². The first kappa shape index (κ1) is 16.7. The molecule has 0 aliphatic carbocycles. The van der Waals surface area contributed by atoms with Crippen molar-refractivity contribution in [3.63, 3.8) is 0 Å². The molecule has 4 aromatic rings. The van der Waals surface area contributed by atoms with Crippen LogP contribution in [0.25, 0.3) is 21.5 Å². The zero-order valence-electron chi connectivity index (χ0n) is 15.2. The summed E-state index contributed by atoms with van der Waals surface area (Å²) >= 11 is 0. The van der Waals surface area contributed by atoms with Crippen molar-refractivity contribution in [3.05, 3.63) is 84.4 Å². The lowest BCUT2D eigenvalue weighted by molar-refractivity contribution is 0.488. The van der Waals surface area contributed by atoms with Crippen LogP contribution in [-0.2, 0) is 6.42 Å². The highest BCUT2D eigenvalue weighted by Gasteiger charge is 2.05. The van der Waals surface area contributed by atoms with Gasteiger partial charge in [-0.3, -0.25) is 0 Å². The lowest BCUT2D eigenvalue weighted by Crippen LogP contribution is -1.89. The molecule has 0 bridgehead atoms. The second-order valence-corrected chi connectivity index (χ2v) is 6.88. The molecule has 0 fully saturated rings. The summed E-state index contributed by atoms with van der Waals surface area (Å²) < 4.78 is 6.22. The van der Waals surface area contributed by atoms with Gasteiger partial charge in [-0.2, -0.15) is 0 Å². The molecular weight excluding hydrogens is 316 g/mol. The van der Waals surface area contributed by atoms with Crippen LogP contribution in [-0.4, -0.2) is 0 Å². The largest absolute Gasteiger partial charge is 0.457 e. The van der Waals surface area contributed by atoms with Crippen LogP contribution in [0.3, 0.4) is 0 Å². The molecule has 0 aromatic heterocycles. The Bertz CT molecular complexity index is 1020. The normalized spacial score (nSPS) is 11.1. The van der Waals surface area contributed by atoms with Gasteiger partial charge in [0, 0.05) is 5.39 Å². The first-order chi connectivity index (χ1) is 12.8. The first-order valence-electron chi connectivity index (χ1n) is 9.52.